The van der Waals surface area contributed by atoms with Crippen LogP contribution in [-0.4, -0.2) is 4.98 Å². The molecule has 0 aliphatic heterocycles. The van der Waals surface area contributed by atoms with Gasteiger partial charge < -0.3 is 9.40 Å². The van der Waals surface area contributed by atoms with E-state index in [0.29, 0.717) is 0 Å². The second kappa shape index (κ2) is 3.74. The molecule has 2 heterocycles. The lowest BCUT2D eigenvalue weighted by molar-refractivity contribution is 0.557. The predicted octanol–water partition coefficient (Wildman–Crippen LogP) is 3.93. The van der Waals surface area contributed by atoms with Gasteiger partial charge in [0.2, 0.25) is 0 Å². The Morgan fingerprint density at radius 1 is 1.00 bits per heavy atom. The number of rotatable bonds is 2. The second-order valence-electron chi connectivity index (χ2n) is 3.64. The van der Waals surface area contributed by atoms with Crippen LogP contribution in [0, 0.1) is 0 Å². The third kappa shape index (κ3) is 1.54. The molecule has 0 saturated heterocycles. The van der Waals surface area contributed by atoms with Gasteiger partial charge in [-0.3, -0.25) is 0 Å². The summed E-state index contributed by atoms with van der Waals surface area (Å²) in [5.41, 5.74) is 2.33. The van der Waals surface area contributed by atoms with E-state index in [1.807, 2.05) is 36.5 Å². The van der Waals surface area contributed by atoms with Crippen molar-refractivity contribution in [2.24, 2.45) is 0 Å². The first kappa shape index (κ1) is 9.04. The topological polar surface area (TPSA) is 28.9 Å². The largest absolute Gasteiger partial charge is 0.465 e. The molecule has 16 heavy (non-hydrogen) atoms. The van der Waals surface area contributed by atoms with Gasteiger partial charge >= 0.3 is 0 Å². The number of aromatic amines is 1. The van der Waals surface area contributed by atoms with Crippen molar-refractivity contribution < 1.29 is 4.42 Å². The molecule has 78 valence electrons. The van der Waals surface area contributed by atoms with Crippen LogP contribution in [0.3, 0.4) is 0 Å². The number of benzene rings is 1. The molecule has 2 aromatic heterocycles. The third-order valence-electron chi connectivity index (χ3n) is 2.59. The van der Waals surface area contributed by atoms with Crippen LogP contribution in [0.1, 0.15) is 11.3 Å². The number of furan rings is 1. The van der Waals surface area contributed by atoms with E-state index in [-0.39, 0.29) is 0 Å². The molecule has 2 nitrogen and oxygen atoms in total. The molecule has 0 spiro atoms. The average Bonchev–Trinajstić information content (AvgIpc) is 2.96. The van der Waals surface area contributed by atoms with Crippen molar-refractivity contribution in [2.75, 3.05) is 0 Å². The van der Waals surface area contributed by atoms with Crippen molar-refractivity contribution in [3.8, 4) is 0 Å². The molecule has 3 aromatic rings. The van der Waals surface area contributed by atoms with E-state index in [4.69, 9.17) is 4.42 Å². The minimum Gasteiger partial charge on any atom is -0.465 e. The van der Waals surface area contributed by atoms with Gasteiger partial charge in [0, 0.05) is 17.1 Å². The summed E-state index contributed by atoms with van der Waals surface area (Å²) in [4.78, 5) is 3.24. The molecule has 0 atom stereocenters. The summed E-state index contributed by atoms with van der Waals surface area (Å²) in [6.07, 6.45) is 7.70. The number of aromatic nitrogens is 1. The predicted molar refractivity (Wildman–Crippen MR) is 65.9 cm³/mol. The van der Waals surface area contributed by atoms with Gasteiger partial charge in [-0.05, 0) is 35.9 Å². The van der Waals surface area contributed by atoms with Crippen LogP contribution in [-0.2, 0) is 0 Å². The second-order valence-corrected chi connectivity index (χ2v) is 3.64. The van der Waals surface area contributed by atoms with E-state index in [2.05, 4.69) is 23.2 Å². The molecule has 0 radical (unpaired) electrons. The Hall–Kier alpha value is -2.22. The Bertz CT molecular complexity index is 617. The van der Waals surface area contributed by atoms with Gasteiger partial charge in [0.1, 0.15) is 5.76 Å². The molecule has 0 fully saturated rings. The van der Waals surface area contributed by atoms with E-state index >= 15 is 0 Å². The highest BCUT2D eigenvalue weighted by Gasteiger charge is 1.98. The first-order valence-corrected chi connectivity index (χ1v) is 5.21. The Morgan fingerprint density at radius 2 is 1.94 bits per heavy atom. The Kier molecular flexibility index (Phi) is 2.11. The van der Waals surface area contributed by atoms with Gasteiger partial charge in [-0.25, -0.2) is 0 Å². The maximum atomic E-state index is 5.25. The summed E-state index contributed by atoms with van der Waals surface area (Å²) in [7, 11) is 0. The SMILES string of the molecule is C(=C\c1c[nH]c2ccccc12)/c1ccco1. The molecule has 0 unspecified atom stereocenters. The van der Waals surface area contributed by atoms with E-state index in [1.165, 1.54) is 10.9 Å². The highest BCUT2D eigenvalue weighted by Crippen LogP contribution is 2.19. The van der Waals surface area contributed by atoms with Crippen molar-refractivity contribution in [3.05, 3.63) is 60.2 Å². The molecule has 0 amide bonds. The number of H-pyrrole nitrogens is 1. The van der Waals surface area contributed by atoms with Crippen molar-refractivity contribution in [2.45, 2.75) is 0 Å². The molecule has 0 aliphatic carbocycles. The molecular weight excluding hydrogens is 198 g/mol. The molecular formula is C14H11NO. The number of hydrogen-bond acceptors (Lipinski definition) is 1. The fourth-order valence-electron chi connectivity index (χ4n) is 1.79. The van der Waals surface area contributed by atoms with Gasteiger partial charge in [0.25, 0.3) is 0 Å². The van der Waals surface area contributed by atoms with Crippen molar-refractivity contribution >= 4 is 23.1 Å². The maximum Gasteiger partial charge on any atom is 0.126 e. The quantitative estimate of drug-likeness (QED) is 0.680. The fraction of sp³-hybridized carbons (Fsp3) is 0. The number of nitrogens with one attached hydrogen (secondary N) is 1. The zero-order valence-corrected chi connectivity index (χ0v) is 8.68. The van der Waals surface area contributed by atoms with Crippen LogP contribution < -0.4 is 0 Å². The van der Waals surface area contributed by atoms with E-state index in [1.54, 1.807) is 6.26 Å². The van der Waals surface area contributed by atoms with Gasteiger partial charge in [-0.15, -0.1) is 0 Å². The molecule has 0 saturated carbocycles. The smallest absolute Gasteiger partial charge is 0.126 e. The number of fused-ring (bicyclic) bond motifs is 1. The summed E-state index contributed by atoms with van der Waals surface area (Å²) in [6, 6.07) is 12.1. The van der Waals surface area contributed by atoms with Crippen LogP contribution in [0.15, 0.2) is 53.3 Å². The van der Waals surface area contributed by atoms with Crippen LogP contribution in [0.4, 0.5) is 0 Å². The first-order chi connectivity index (χ1) is 7.93. The fourth-order valence-corrected chi connectivity index (χ4v) is 1.79. The summed E-state index contributed by atoms with van der Waals surface area (Å²) in [5, 5.41) is 1.23. The van der Waals surface area contributed by atoms with Gasteiger partial charge in [0.15, 0.2) is 0 Å². The monoisotopic (exact) mass is 209 g/mol. The van der Waals surface area contributed by atoms with Gasteiger partial charge in [-0.2, -0.15) is 0 Å². The minimum absolute atomic E-state index is 0.866. The molecule has 0 aliphatic rings. The minimum atomic E-state index is 0.866. The van der Waals surface area contributed by atoms with E-state index < -0.39 is 0 Å². The molecule has 1 aromatic carbocycles. The summed E-state index contributed by atoms with van der Waals surface area (Å²) in [5.74, 6) is 0.866. The van der Waals surface area contributed by atoms with Gasteiger partial charge in [0.05, 0.1) is 6.26 Å². The van der Waals surface area contributed by atoms with Crippen LogP contribution in [0.5, 0.6) is 0 Å². The average molecular weight is 209 g/mol. The lowest BCUT2D eigenvalue weighted by Gasteiger charge is -1.90. The molecule has 3 rings (SSSR count). The lowest BCUT2D eigenvalue weighted by atomic mass is 10.1. The highest BCUT2D eigenvalue weighted by molar-refractivity contribution is 5.91. The highest BCUT2D eigenvalue weighted by atomic mass is 16.3. The zero-order chi connectivity index (χ0) is 10.8. The first-order valence-electron chi connectivity index (χ1n) is 5.21. The summed E-state index contributed by atoms with van der Waals surface area (Å²) >= 11 is 0. The van der Waals surface area contributed by atoms with Crippen molar-refractivity contribution in [1.29, 1.82) is 0 Å². The van der Waals surface area contributed by atoms with Crippen LogP contribution in [0.25, 0.3) is 23.1 Å². The number of para-hydroxylation sites is 1. The lowest BCUT2D eigenvalue weighted by Crippen LogP contribution is -1.67. The zero-order valence-electron chi connectivity index (χ0n) is 8.68. The summed E-state index contributed by atoms with van der Waals surface area (Å²) < 4.78 is 5.25. The normalized spacial score (nSPS) is 11.5. The van der Waals surface area contributed by atoms with Crippen molar-refractivity contribution in [3.63, 3.8) is 0 Å². The van der Waals surface area contributed by atoms with Gasteiger partial charge in [-0.1, -0.05) is 18.2 Å². The molecule has 2 heteroatoms. The molecule has 1 N–H and O–H groups in total. The van der Waals surface area contributed by atoms with E-state index in [9.17, 15) is 0 Å². The maximum absolute atomic E-state index is 5.25. The third-order valence-corrected chi connectivity index (χ3v) is 2.59. The van der Waals surface area contributed by atoms with Crippen LogP contribution >= 0.6 is 0 Å². The Morgan fingerprint density at radius 3 is 2.81 bits per heavy atom. The van der Waals surface area contributed by atoms with Crippen LogP contribution in [0.2, 0.25) is 0 Å². The Labute approximate surface area is 93.2 Å². The molecule has 0 bridgehead atoms. The number of hydrogen-bond donors (Lipinski definition) is 1. The standard InChI is InChI=1S/C14H11NO/c1-2-6-14-13(5-1)11(10-15-14)7-8-12-4-3-9-16-12/h1-10,15H/b8-7+. The van der Waals surface area contributed by atoms with E-state index in [0.717, 1.165) is 11.3 Å². The summed E-state index contributed by atoms with van der Waals surface area (Å²) in [6.45, 7) is 0. The Balaban J connectivity index is 2.01. The van der Waals surface area contributed by atoms with Crippen molar-refractivity contribution in [1.82, 2.24) is 4.98 Å².